The highest BCUT2D eigenvalue weighted by atomic mass is 16.5. The second kappa shape index (κ2) is 80.1. The summed E-state index contributed by atoms with van der Waals surface area (Å²) >= 11 is 0. The van der Waals surface area contributed by atoms with Crippen molar-refractivity contribution in [3.8, 4) is 0 Å². The van der Waals surface area contributed by atoms with Crippen LogP contribution in [0.15, 0.2) is 94.0 Å². The molecule has 0 bridgehead atoms. The molecule has 0 N–H and O–H groups in total. The molecule has 91 heavy (non-hydrogen) atoms. The van der Waals surface area contributed by atoms with Crippen molar-refractivity contribution < 1.29 is 40.2 Å². The molecule has 0 spiro atoms. The van der Waals surface area contributed by atoms with E-state index in [4.69, 9.17) is 31.1 Å². The van der Waals surface area contributed by atoms with Crippen LogP contribution in [0.2, 0.25) is 0 Å². The van der Waals surface area contributed by atoms with Gasteiger partial charge in [0.25, 0.3) is 0 Å². The maximum absolute atomic E-state index is 4.97. The highest BCUT2D eigenvalue weighted by Gasteiger charge is 1.98. The van der Waals surface area contributed by atoms with Crippen molar-refractivity contribution in [2.45, 2.75) is 301 Å². The van der Waals surface area contributed by atoms with Crippen LogP contribution < -0.4 is 0 Å². The minimum Gasteiger partial charge on any atom is -0.449 e. The first-order chi connectivity index (χ1) is 32.9. The first-order valence-corrected chi connectivity index (χ1v) is 21.7. The molecule has 9 aromatic rings. The molecular formula is C69H153N13O9. The van der Waals surface area contributed by atoms with Gasteiger partial charge in [-0.05, 0) is 88.7 Å². The Hall–Kier alpha value is -7.91. The second-order valence-electron chi connectivity index (χ2n) is 15.2. The molecule has 0 saturated carbocycles. The Balaban J connectivity index is -0.0000000307. The maximum atomic E-state index is 4.97. The lowest BCUT2D eigenvalue weighted by molar-refractivity contribution is 0.389. The summed E-state index contributed by atoms with van der Waals surface area (Å²) in [4.78, 5) is 27.3. The molecule has 0 unspecified atom stereocenters. The van der Waals surface area contributed by atoms with E-state index in [0.29, 0.717) is 35.2 Å². The Morgan fingerprint density at radius 1 is 0.297 bits per heavy atom. The minimum absolute atomic E-state index is 0. The quantitative estimate of drug-likeness (QED) is 0.136. The Labute approximate surface area is 563 Å². The van der Waals surface area contributed by atoms with Crippen molar-refractivity contribution in [1.29, 1.82) is 0 Å². The highest BCUT2D eigenvalue weighted by molar-refractivity contribution is 5.86. The normalized spacial score (nSPS) is 8.00. The average molecular weight is 1310 g/mol. The van der Waals surface area contributed by atoms with E-state index in [9.17, 15) is 0 Å². The first kappa shape index (κ1) is 145. The van der Waals surface area contributed by atoms with Gasteiger partial charge in [-0.3, -0.25) is 4.99 Å². The lowest BCUT2D eigenvalue weighted by atomic mass is 10.2. The monoisotopic (exact) mass is 1310 g/mol. The molecule has 0 fully saturated rings. The Bertz CT molecular complexity index is 2110. The third-order valence-electron chi connectivity index (χ3n) is 7.36. The minimum atomic E-state index is 0. The number of oxazole rings is 4. The number of hydrogen-bond acceptors (Lipinski definition) is 22. The van der Waals surface area contributed by atoms with Crippen LogP contribution in [0.4, 0.5) is 0 Å². The standard InChI is InChI=1S/C6H9N.6C5H7NO.3C4H6N2O.21CH4/c1-5-3-6(2)7-4-5;2*1-4-3-7-5(2)6-4;2*1-4-3-6-5(2)7-4;2*1-4-3-5(2)7-6-4;1-3-5-6-4(2)7-3;2*1-3-5-4(2)7-6-3;;;;;;;;;;;;;;;;;;;;;/h4H,3H2,1-2H3;6*3H,1-2H3;3*1-2H3;21*1H4. The SMILES string of the molecule is C.C.C.C.C.C.C.C.C.C.C.C.C.C.C.C.C.C.C.C.C.CC1=CN=C(C)C1.Cc1cc(C)on1.Cc1cc(C)on1.Cc1cnc(C)o1.Cc1cnc(C)o1.Cc1coc(C)n1.Cc1coc(C)n1.Cc1nnc(C)o1.Cc1noc(C)n1.Cc1noc(C)n1. The second-order valence-corrected chi connectivity index (χ2v) is 15.2. The summed E-state index contributed by atoms with van der Waals surface area (Å²) in [5, 5.41) is 21.5. The lowest BCUT2D eigenvalue weighted by Gasteiger charge is -1.84. The topological polar surface area (TPSA) is 285 Å². The van der Waals surface area contributed by atoms with E-state index >= 15 is 0 Å². The largest absolute Gasteiger partial charge is 0.449 e. The van der Waals surface area contributed by atoms with Crippen LogP contribution in [-0.2, 0) is 0 Å². The zero-order chi connectivity index (χ0) is 52.8. The highest BCUT2D eigenvalue weighted by Crippen LogP contribution is 2.08. The smallest absolute Gasteiger partial charge is 0.223 e. The number of rotatable bonds is 0. The molecule has 0 saturated heterocycles. The van der Waals surface area contributed by atoms with Gasteiger partial charge < -0.3 is 40.2 Å². The molecule has 22 heteroatoms. The van der Waals surface area contributed by atoms with Gasteiger partial charge in [0.2, 0.25) is 23.6 Å². The third-order valence-corrected chi connectivity index (χ3v) is 7.36. The fourth-order valence-corrected chi connectivity index (χ4v) is 4.77. The van der Waals surface area contributed by atoms with Crippen LogP contribution >= 0.6 is 0 Å². The van der Waals surface area contributed by atoms with Crippen LogP contribution in [0.25, 0.3) is 0 Å². The number of allylic oxidation sites excluding steroid dienone is 1. The maximum Gasteiger partial charge on any atom is 0.223 e. The molecular weight excluding hydrogens is 1150 g/mol. The summed E-state index contributed by atoms with van der Waals surface area (Å²) in [7, 11) is 0. The van der Waals surface area contributed by atoms with Crippen molar-refractivity contribution >= 4 is 5.71 Å². The summed E-state index contributed by atoms with van der Waals surface area (Å²) in [6.07, 6.45) is 9.69. The molecule has 0 aliphatic carbocycles. The predicted molar refractivity (Wildman–Crippen MR) is 400 cm³/mol. The lowest BCUT2D eigenvalue weighted by Crippen LogP contribution is -1.82. The van der Waals surface area contributed by atoms with Gasteiger partial charge in [-0.2, -0.15) is 9.97 Å². The molecule has 1 aliphatic heterocycles. The molecule has 0 aromatic carbocycles. The van der Waals surface area contributed by atoms with E-state index in [1.807, 2.05) is 108 Å². The number of aliphatic imine (C=N–C) groups is 1. The van der Waals surface area contributed by atoms with Crippen molar-refractivity contribution in [1.82, 2.24) is 60.7 Å². The van der Waals surface area contributed by atoms with Gasteiger partial charge in [0.05, 0.1) is 35.2 Å². The van der Waals surface area contributed by atoms with Crippen molar-refractivity contribution in [2.75, 3.05) is 0 Å². The van der Waals surface area contributed by atoms with Crippen LogP contribution in [0.5, 0.6) is 0 Å². The first-order valence-electron chi connectivity index (χ1n) is 21.7. The summed E-state index contributed by atoms with van der Waals surface area (Å²) in [6.45, 7) is 37.2. The van der Waals surface area contributed by atoms with Crippen LogP contribution in [0.3, 0.4) is 0 Å². The van der Waals surface area contributed by atoms with Crippen LogP contribution in [0.1, 0.15) is 281 Å². The fraction of sp³-hybridized carbons (Fsp3) is 0.609. The fourth-order valence-electron chi connectivity index (χ4n) is 4.77. The van der Waals surface area contributed by atoms with Gasteiger partial charge in [-0.1, -0.05) is 177 Å². The van der Waals surface area contributed by atoms with Crippen molar-refractivity contribution in [3.05, 3.63) is 153 Å². The van der Waals surface area contributed by atoms with E-state index in [-0.39, 0.29) is 156 Å². The Morgan fingerprint density at radius 2 is 0.604 bits per heavy atom. The van der Waals surface area contributed by atoms with Crippen LogP contribution in [0, 0.1) is 125 Å². The van der Waals surface area contributed by atoms with Gasteiger partial charge in [0.1, 0.15) is 35.6 Å². The predicted octanol–water partition coefficient (Wildman–Crippen LogP) is 24.9. The molecule has 0 atom stereocenters. The van der Waals surface area contributed by atoms with Crippen molar-refractivity contribution in [2.24, 2.45) is 4.99 Å². The Morgan fingerprint density at radius 3 is 0.670 bits per heavy atom. The van der Waals surface area contributed by atoms with Gasteiger partial charge in [-0.15, -0.1) is 10.2 Å². The summed E-state index contributed by atoms with van der Waals surface area (Å²) in [5.74, 6) is 10.3. The van der Waals surface area contributed by atoms with Gasteiger partial charge in [0, 0.05) is 85.9 Å². The van der Waals surface area contributed by atoms with E-state index < -0.39 is 0 Å². The van der Waals surface area contributed by atoms with Gasteiger partial charge in [0.15, 0.2) is 35.2 Å². The molecule has 22 nitrogen and oxygen atoms in total. The third kappa shape index (κ3) is 78.1. The van der Waals surface area contributed by atoms with E-state index in [0.717, 1.165) is 75.8 Å². The Kier molecular flexibility index (Phi) is 128. The molecule has 9 aromatic heterocycles. The summed E-state index contributed by atoms with van der Waals surface area (Å²) < 4.78 is 43.1. The molecule has 1 aliphatic rings. The van der Waals surface area contributed by atoms with E-state index in [1.54, 1.807) is 66.5 Å². The summed E-state index contributed by atoms with van der Waals surface area (Å²) in [5.41, 5.74) is 6.38. The van der Waals surface area contributed by atoms with Gasteiger partial charge >= 0.3 is 0 Å². The number of hydrogen-bond donors (Lipinski definition) is 0. The average Bonchev–Trinajstić information content (AvgIpc) is 4.14. The number of nitrogens with zero attached hydrogens (tertiary/aromatic N) is 13. The van der Waals surface area contributed by atoms with Crippen LogP contribution in [-0.4, -0.2) is 66.4 Å². The zero-order valence-electron chi connectivity index (χ0n) is 44.2. The van der Waals surface area contributed by atoms with E-state index in [1.165, 1.54) is 11.3 Å². The van der Waals surface area contributed by atoms with Crippen molar-refractivity contribution in [3.63, 3.8) is 0 Å². The molecule has 10 rings (SSSR count). The number of aryl methyl sites for hydroxylation is 18. The van der Waals surface area contributed by atoms with E-state index in [2.05, 4.69) is 81.7 Å². The zero-order valence-corrected chi connectivity index (χ0v) is 44.2. The molecule has 548 valence electrons. The number of aromatic nitrogens is 12. The van der Waals surface area contributed by atoms with Gasteiger partial charge in [-0.25, -0.2) is 19.9 Å². The molecule has 10 heterocycles. The summed E-state index contributed by atoms with van der Waals surface area (Å²) in [6, 6.07) is 3.78. The molecule has 0 radical (unpaired) electrons. The molecule has 0 amide bonds.